The SMILES string of the molecule is COC(=O)C(Nc1cncc(NN)n1)c1ccccc1. The first-order valence-electron chi connectivity index (χ1n) is 5.92. The lowest BCUT2D eigenvalue weighted by Crippen LogP contribution is -2.23. The third-order valence-corrected chi connectivity index (χ3v) is 2.64. The Morgan fingerprint density at radius 1 is 1.25 bits per heavy atom. The molecule has 1 aromatic heterocycles. The number of esters is 1. The van der Waals surface area contributed by atoms with E-state index in [0.29, 0.717) is 11.6 Å². The van der Waals surface area contributed by atoms with Gasteiger partial charge in [-0.2, -0.15) is 0 Å². The van der Waals surface area contributed by atoms with E-state index in [1.165, 1.54) is 19.5 Å². The Morgan fingerprint density at radius 3 is 2.60 bits per heavy atom. The van der Waals surface area contributed by atoms with Crippen LogP contribution in [0.2, 0.25) is 0 Å². The van der Waals surface area contributed by atoms with Crippen molar-refractivity contribution in [2.75, 3.05) is 17.9 Å². The molecule has 1 aromatic carbocycles. The van der Waals surface area contributed by atoms with Gasteiger partial charge in [-0.05, 0) is 5.56 Å². The fraction of sp³-hybridized carbons (Fsp3) is 0.154. The Balaban J connectivity index is 2.26. The third kappa shape index (κ3) is 3.21. The van der Waals surface area contributed by atoms with Gasteiger partial charge in [-0.3, -0.25) is 4.98 Å². The van der Waals surface area contributed by atoms with Crippen molar-refractivity contribution in [2.45, 2.75) is 6.04 Å². The zero-order valence-electron chi connectivity index (χ0n) is 10.9. The number of rotatable bonds is 5. The summed E-state index contributed by atoms with van der Waals surface area (Å²) in [5.41, 5.74) is 3.16. The summed E-state index contributed by atoms with van der Waals surface area (Å²) in [4.78, 5) is 20.0. The van der Waals surface area contributed by atoms with Crippen molar-refractivity contribution in [3.8, 4) is 0 Å². The van der Waals surface area contributed by atoms with Crippen LogP contribution in [0.25, 0.3) is 0 Å². The number of anilines is 2. The molecule has 0 aliphatic carbocycles. The first-order valence-corrected chi connectivity index (χ1v) is 5.92. The van der Waals surface area contributed by atoms with Crippen LogP contribution in [0.15, 0.2) is 42.7 Å². The number of nitrogens with two attached hydrogens (primary N) is 1. The minimum Gasteiger partial charge on any atom is -0.467 e. The number of hydrogen-bond acceptors (Lipinski definition) is 7. The van der Waals surface area contributed by atoms with Crippen LogP contribution in [0.5, 0.6) is 0 Å². The highest BCUT2D eigenvalue weighted by molar-refractivity contribution is 5.80. The van der Waals surface area contributed by atoms with E-state index in [9.17, 15) is 4.79 Å². The van der Waals surface area contributed by atoms with Crippen LogP contribution in [-0.2, 0) is 9.53 Å². The van der Waals surface area contributed by atoms with Crippen LogP contribution in [0.3, 0.4) is 0 Å². The minimum absolute atomic E-state index is 0.395. The molecule has 2 aromatic rings. The highest BCUT2D eigenvalue weighted by Crippen LogP contribution is 2.19. The van der Waals surface area contributed by atoms with Gasteiger partial charge < -0.3 is 15.5 Å². The first kappa shape index (κ1) is 13.8. The number of hydrogen-bond donors (Lipinski definition) is 3. The first-order chi connectivity index (χ1) is 9.74. The van der Waals surface area contributed by atoms with Gasteiger partial charge in [-0.15, -0.1) is 0 Å². The van der Waals surface area contributed by atoms with Gasteiger partial charge in [0, 0.05) is 0 Å². The standard InChI is InChI=1S/C13H15N5O2/c1-20-13(19)12(9-5-3-2-4-6-9)17-10-7-15-8-11(16-10)18-14/h2-8,12H,14H2,1H3,(H2,16,17,18). The van der Waals surface area contributed by atoms with Crippen LogP contribution in [0.4, 0.5) is 11.6 Å². The van der Waals surface area contributed by atoms with Gasteiger partial charge in [-0.1, -0.05) is 30.3 Å². The Morgan fingerprint density at radius 2 is 1.95 bits per heavy atom. The number of ether oxygens (including phenoxy) is 1. The molecule has 0 aliphatic rings. The zero-order valence-corrected chi connectivity index (χ0v) is 10.9. The number of methoxy groups -OCH3 is 1. The smallest absolute Gasteiger partial charge is 0.333 e. The summed E-state index contributed by atoms with van der Waals surface area (Å²) in [6.07, 6.45) is 2.97. The average molecular weight is 273 g/mol. The van der Waals surface area contributed by atoms with Crippen molar-refractivity contribution >= 4 is 17.6 Å². The van der Waals surface area contributed by atoms with Crippen molar-refractivity contribution < 1.29 is 9.53 Å². The molecule has 1 heterocycles. The van der Waals surface area contributed by atoms with Gasteiger partial charge in [-0.25, -0.2) is 15.6 Å². The predicted molar refractivity (Wildman–Crippen MR) is 74.7 cm³/mol. The number of nitrogens with zero attached hydrogens (tertiary/aromatic N) is 2. The van der Waals surface area contributed by atoms with Crippen molar-refractivity contribution in [3.05, 3.63) is 48.3 Å². The molecular formula is C13H15N5O2. The van der Waals surface area contributed by atoms with E-state index in [0.717, 1.165) is 5.56 Å². The highest BCUT2D eigenvalue weighted by Gasteiger charge is 2.21. The van der Waals surface area contributed by atoms with Crippen molar-refractivity contribution in [3.63, 3.8) is 0 Å². The summed E-state index contributed by atoms with van der Waals surface area (Å²) in [5, 5.41) is 2.98. The Labute approximate surface area is 116 Å². The number of carbonyl (C=O) groups is 1. The van der Waals surface area contributed by atoms with Gasteiger partial charge in [0.25, 0.3) is 0 Å². The quantitative estimate of drug-likeness (QED) is 0.425. The second-order valence-corrected chi connectivity index (χ2v) is 3.95. The molecule has 0 fully saturated rings. The summed E-state index contributed by atoms with van der Waals surface area (Å²) in [6, 6.07) is 8.55. The molecule has 104 valence electrons. The van der Waals surface area contributed by atoms with Crippen LogP contribution in [0.1, 0.15) is 11.6 Å². The number of hydrazine groups is 1. The van der Waals surface area contributed by atoms with E-state index >= 15 is 0 Å². The number of carbonyl (C=O) groups excluding carboxylic acids is 1. The zero-order chi connectivity index (χ0) is 14.4. The molecule has 0 spiro atoms. The number of nitrogen functional groups attached to an aromatic ring is 1. The van der Waals surface area contributed by atoms with E-state index in [2.05, 4.69) is 20.7 Å². The van der Waals surface area contributed by atoms with Gasteiger partial charge in [0.1, 0.15) is 5.82 Å². The van der Waals surface area contributed by atoms with E-state index in [1.54, 1.807) is 0 Å². The molecule has 0 amide bonds. The molecule has 0 aliphatic heterocycles. The molecule has 0 saturated heterocycles. The Bertz CT molecular complexity index is 576. The van der Waals surface area contributed by atoms with Crippen molar-refractivity contribution in [1.82, 2.24) is 9.97 Å². The van der Waals surface area contributed by atoms with Crippen LogP contribution in [-0.4, -0.2) is 23.0 Å². The maximum absolute atomic E-state index is 11.9. The molecule has 0 saturated carbocycles. The predicted octanol–water partition coefficient (Wildman–Crippen LogP) is 1.09. The van der Waals surface area contributed by atoms with E-state index in [1.807, 2.05) is 30.3 Å². The molecule has 4 N–H and O–H groups in total. The number of benzene rings is 1. The van der Waals surface area contributed by atoms with Crippen molar-refractivity contribution in [2.24, 2.45) is 5.84 Å². The highest BCUT2D eigenvalue weighted by atomic mass is 16.5. The maximum atomic E-state index is 11.9. The second-order valence-electron chi connectivity index (χ2n) is 3.95. The number of aromatic nitrogens is 2. The van der Waals surface area contributed by atoms with E-state index in [-0.39, 0.29) is 0 Å². The van der Waals surface area contributed by atoms with Crippen LogP contribution < -0.4 is 16.6 Å². The molecule has 7 heteroatoms. The third-order valence-electron chi connectivity index (χ3n) is 2.64. The van der Waals surface area contributed by atoms with Gasteiger partial charge >= 0.3 is 5.97 Å². The fourth-order valence-corrected chi connectivity index (χ4v) is 1.69. The van der Waals surface area contributed by atoms with Crippen molar-refractivity contribution in [1.29, 1.82) is 0 Å². The van der Waals surface area contributed by atoms with Gasteiger partial charge in [0.15, 0.2) is 11.9 Å². The molecule has 1 unspecified atom stereocenters. The fourth-order valence-electron chi connectivity index (χ4n) is 1.69. The summed E-state index contributed by atoms with van der Waals surface area (Å²) in [7, 11) is 1.34. The summed E-state index contributed by atoms with van der Waals surface area (Å²) in [5.74, 6) is 5.67. The van der Waals surface area contributed by atoms with Gasteiger partial charge in [0.05, 0.1) is 19.5 Å². The topological polar surface area (TPSA) is 102 Å². The molecule has 20 heavy (non-hydrogen) atoms. The van der Waals surface area contributed by atoms with Crippen LogP contribution in [0, 0.1) is 0 Å². The summed E-state index contributed by atoms with van der Waals surface area (Å²) < 4.78 is 4.81. The lowest BCUT2D eigenvalue weighted by Gasteiger charge is -2.17. The lowest BCUT2D eigenvalue weighted by atomic mass is 10.1. The number of nitrogens with one attached hydrogen (secondary N) is 2. The molecular weight excluding hydrogens is 258 g/mol. The molecule has 2 rings (SSSR count). The Kier molecular flexibility index (Phi) is 4.46. The van der Waals surface area contributed by atoms with Crippen LogP contribution >= 0.6 is 0 Å². The molecule has 1 atom stereocenters. The second kappa shape index (κ2) is 6.48. The Hall–Kier alpha value is -2.67. The summed E-state index contributed by atoms with van der Waals surface area (Å²) in [6.45, 7) is 0. The largest absolute Gasteiger partial charge is 0.467 e. The summed E-state index contributed by atoms with van der Waals surface area (Å²) >= 11 is 0. The maximum Gasteiger partial charge on any atom is 0.333 e. The van der Waals surface area contributed by atoms with E-state index < -0.39 is 12.0 Å². The normalized spacial score (nSPS) is 11.5. The monoisotopic (exact) mass is 273 g/mol. The molecule has 0 radical (unpaired) electrons. The molecule has 0 bridgehead atoms. The average Bonchev–Trinajstić information content (AvgIpc) is 2.53. The van der Waals surface area contributed by atoms with Gasteiger partial charge in [0.2, 0.25) is 0 Å². The minimum atomic E-state index is -0.663. The molecule has 7 nitrogen and oxygen atoms in total. The van der Waals surface area contributed by atoms with E-state index in [4.69, 9.17) is 10.6 Å². The lowest BCUT2D eigenvalue weighted by molar-refractivity contribution is -0.141.